The molecule has 0 spiro atoms. The summed E-state index contributed by atoms with van der Waals surface area (Å²) in [4.78, 5) is 0. The lowest BCUT2D eigenvalue weighted by Crippen LogP contribution is -2.00. The Morgan fingerprint density at radius 1 is 1.19 bits per heavy atom. The molecule has 7 heteroatoms. The fourth-order valence-corrected chi connectivity index (χ4v) is 1.09. The summed E-state index contributed by atoms with van der Waals surface area (Å²) in [6.45, 7) is 0. The first-order chi connectivity index (χ1) is 7.68. The van der Waals surface area contributed by atoms with Crippen molar-refractivity contribution >= 4 is 36.4 Å². The predicted molar refractivity (Wildman–Crippen MR) is 61.3 cm³/mol. The van der Waals surface area contributed by atoms with Crippen LogP contribution in [-0.2, 0) is 0 Å². The van der Waals surface area contributed by atoms with Crippen LogP contribution in [0.15, 0.2) is 39.0 Å². The van der Waals surface area contributed by atoms with E-state index in [4.69, 9.17) is 19.3 Å². The van der Waals surface area contributed by atoms with E-state index in [0.29, 0.717) is 11.2 Å². The number of rotatable bonds is 2. The highest BCUT2D eigenvalue weighted by Gasteiger charge is 2.09. The Bertz CT molecular complexity index is 517. The largest absolute Gasteiger partial charge is 0.379 e. The topological polar surface area (TPSA) is 103 Å². The third-order valence-electron chi connectivity index (χ3n) is 1.91. The lowest BCUT2D eigenvalue weighted by atomic mass is 9.95. The van der Waals surface area contributed by atoms with E-state index in [-0.39, 0.29) is 17.4 Å². The second-order valence-electron chi connectivity index (χ2n) is 3.04. The number of hydrogen-bond acceptors (Lipinski definition) is 6. The number of hydrogen-bond donors (Lipinski definition) is 2. The van der Waals surface area contributed by atoms with Crippen molar-refractivity contribution < 1.29 is 4.52 Å². The van der Waals surface area contributed by atoms with Gasteiger partial charge in [-0.1, -0.05) is 28.8 Å². The number of azo groups is 1. The molecule has 1 aromatic carbocycles. The summed E-state index contributed by atoms with van der Waals surface area (Å²) in [6, 6.07) is 7.04. The molecule has 0 atom stereocenters. The smallest absolute Gasteiger partial charge is 0.252 e. The third kappa shape index (κ3) is 1.88. The van der Waals surface area contributed by atoms with Crippen LogP contribution in [-0.4, -0.2) is 13.0 Å². The Labute approximate surface area is 92.7 Å². The molecule has 6 nitrogen and oxygen atoms in total. The molecule has 1 aromatic heterocycles. The van der Waals surface area contributed by atoms with Gasteiger partial charge in [0.25, 0.3) is 5.88 Å². The summed E-state index contributed by atoms with van der Waals surface area (Å²) in [5.41, 5.74) is 12.2. The van der Waals surface area contributed by atoms with Crippen molar-refractivity contribution in [2.24, 2.45) is 10.2 Å². The minimum absolute atomic E-state index is 0.0238. The molecule has 0 bridgehead atoms. The van der Waals surface area contributed by atoms with Crippen molar-refractivity contribution in [1.29, 1.82) is 0 Å². The van der Waals surface area contributed by atoms with Crippen LogP contribution >= 0.6 is 0 Å². The van der Waals surface area contributed by atoms with E-state index >= 15 is 0 Å². The minimum atomic E-state index is 0.0238. The number of nitrogens with zero attached hydrogens (tertiary/aromatic N) is 3. The van der Waals surface area contributed by atoms with Crippen LogP contribution < -0.4 is 16.9 Å². The molecule has 0 saturated carbocycles. The maximum atomic E-state index is 5.68. The summed E-state index contributed by atoms with van der Waals surface area (Å²) in [5.74, 6) is 0.117. The number of benzene rings is 1. The Morgan fingerprint density at radius 3 is 2.56 bits per heavy atom. The average molecular weight is 213 g/mol. The van der Waals surface area contributed by atoms with Crippen molar-refractivity contribution in [1.82, 2.24) is 5.16 Å². The van der Waals surface area contributed by atoms with Gasteiger partial charge in [0.1, 0.15) is 7.85 Å². The SMILES string of the molecule is [B]c1ccccc1N=Nc1c(N)noc1N. The van der Waals surface area contributed by atoms with Crippen LogP contribution in [0.4, 0.5) is 23.1 Å². The van der Waals surface area contributed by atoms with E-state index in [1.165, 1.54) is 0 Å². The quantitative estimate of drug-likeness (QED) is 0.574. The number of aromatic nitrogens is 1. The van der Waals surface area contributed by atoms with Gasteiger partial charge < -0.3 is 16.0 Å². The van der Waals surface area contributed by atoms with E-state index in [1.807, 2.05) is 0 Å². The lowest BCUT2D eigenvalue weighted by molar-refractivity contribution is 0.440. The van der Waals surface area contributed by atoms with Gasteiger partial charge in [0.05, 0.1) is 5.69 Å². The van der Waals surface area contributed by atoms with Gasteiger partial charge in [-0.2, -0.15) is 5.11 Å². The maximum Gasteiger partial charge on any atom is 0.252 e. The molecule has 2 aromatic rings. The van der Waals surface area contributed by atoms with E-state index in [0.717, 1.165) is 0 Å². The van der Waals surface area contributed by atoms with Crippen LogP contribution in [0.3, 0.4) is 0 Å². The van der Waals surface area contributed by atoms with Gasteiger partial charge in [-0.15, -0.1) is 5.11 Å². The van der Waals surface area contributed by atoms with E-state index in [1.54, 1.807) is 24.3 Å². The average Bonchev–Trinajstić information content (AvgIpc) is 2.58. The Balaban J connectivity index is 2.32. The van der Waals surface area contributed by atoms with Crippen LogP contribution in [0.1, 0.15) is 0 Å². The zero-order chi connectivity index (χ0) is 11.5. The lowest BCUT2D eigenvalue weighted by Gasteiger charge is -1.96. The number of anilines is 2. The Hall–Kier alpha value is -2.31. The first-order valence-corrected chi connectivity index (χ1v) is 4.45. The van der Waals surface area contributed by atoms with E-state index in [9.17, 15) is 0 Å². The Morgan fingerprint density at radius 2 is 1.94 bits per heavy atom. The van der Waals surface area contributed by atoms with Crippen molar-refractivity contribution in [2.45, 2.75) is 0 Å². The van der Waals surface area contributed by atoms with Crippen LogP contribution in [0, 0.1) is 0 Å². The molecule has 4 N–H and O–H groups in total. The van der Waals surface area contributed by atoms with Crippen LogP contribution in [0.2, 0.25) is 0 Å². The summed E-state index contributed by atoms with van der Waals surface area (Å²) < 4.78 is 4.63. The summed E-state index contributed by atoms with van der Waals surface area (Å²) in [6.07, 6.45) is 0. The fraction of sp³-hybridized carbons (Fsp3) is 0. The standard InChI is InChI=1S/C9H8BN5O/c10-5-3-1-2-4-6(5)13-14-7-8(11)15-16-9(7)12/h1-4H,12H2,(H2,11,15). The second kappa shape index (κ2) is 4.05. The fourth-order valence-electron chi connectivity index (χ4n) is 1.09. The molecular formula is C9H8BN5O. The highest BCUT2D eigenvalue weighted by Crippen LogP contribution is 2.29. The van der Waals surface area contributed by atoms with Crippen LogP contribution in [0.5, 0.6) is 0 Å². The van der Waals surface area contributed by atoms with Crippen molar-refractivity contribution in [3.8, 4) is 0 Å². The molecule has 1 heterocycles. The molecule has 0 unspecified atom stereocenters. The van der Waals surface area contributed by atoms with Crippen molar-refractivity contribution in [3.05, 3.63) is 24.3 Å². The molecule has 2 radical (unpaired) electrons. The third-order valence-corrected chi connectivity index (χ3v) is 1.91. The Kier molecular flexibility index (Phi) is 2.59. The molecular weight excluding hydrogens is 205 g/mol. The summed E-state index contributed by atoms with van der Waals surface area (Å²) >= 11 is 0. The molecule has 0 amide bonds. The highest BCUT2D eigenvalue weighted by molar-refractivity contribution is 6.35. The highest BCUT2D eigenvalue weighted by atomic mass is 16.5. The zero-order valence-corrected chi connectivity index (χ0v) is 8.29. The number of nitrogen functional groups attached to an aromatic ring is 2. The molecule has 78 valence electrons. The van der Waals surface area contributed by atoms with Crippen LogP contribution in [0.25, 0.3) is 0 Å². The second-order valence-corrected chi connectivity index (χ2v) is 3.04. The summed E-state index contributed by atoms with van der Waals surface area (Å²) in [7, 11) is 5.68. The van der Waals surface area contributed by atoms with Gasteiger partial charge >= 0.3 is 0 Å². The monoisotopic (exact) mass is 213 g/mol. The normalized spacial score (nSPS) is 11.0. The summed E-state index contributed by atoms with van der Waals surface area (Å²) in [5, 5.41) is 11.2. The minimum Gasteiger partial charge on any atom is -0.379 e. The van der Waals surface area contributed by atoms with Gasteiger partial charge in [-0.05, 0) is 6.07 Å². The zero-order valence-electron chi connectivity index (χ0n) is 8.29. The van der Waals surface area contributed by atoms with Crippen molar-refractivity contribution in [2.75, 3.05) is 11.5 Å². The molecule has 16 heavy (non-hydrogen) atoms. The molecule has 0 aliphatic carbocycles. The van der Waals surface area contributed by atoms with E-state index < -0.39 is 0 Å². The molecule has 2 rings (SSSR count). The number of nitrogens with two attached hydrogens (primary N) is 2. The maximum absolute atomic E-state index is 5.68. The molecule has 0 saturated heterocycles. The van der Waals surface area contributed by atoms with Gasteiger partial charge in [0, 0.05) is 0 Å². The molecule has 0 aliphatic rings. The van der Waals surface area contributed by atoms with Gasteiger partial charge in [-0.25, -0.2) is 0 Å². The van der Waals surface area contributed by atoms with E-state index in [2.05, 4.69) is 19.9 Å². The van der Waals surface area contributed by atoms with Gasteiger partial charge in [0.15, 0.2) is 11.5 Å². The molecule has 0 fully saturated rings. The van der Waals surface area contributed by atoms with Gasteiger partial charge in [-0.3, -0.25) is 0 Å². The first kappa shape index (κ1) is 10.2. The predicted octanol–water partition coefficient (Wildman–Crippen LogP) is 1.05. The van der Waals surface area contributed by atoms with Crippen molar-refractivity contribution in [3.63, 3.8) is 0 Å². The van der Waals surface area contributed by atoms with Gasteiger partial charge in [0.2, 0.25) is 0 Å². The first-order valence-electron chi connectivity index (χ1n) is 4.45. The molecule has 0 aliphatic heterocycles.